The van der Waals surface area contributed by atoms with Gasteiger partial charge in [-0.25, -0.2) is 0 Å². The Morgan fingerprint density at radius 2 is 1.44 bits per heavy atom. The molecule has 0 bridgehead atoms. The Labute approximate surface area is 103 Å². The summed E-state index contributed by atoms with van der Waals surface area (Å²) in [6.45, 7) is 20.3. The van der Waals surface area contributed by atoms with Crippen LogP contribution in [0.25, 0.3) is 0 Å². The maximum atomic E-state index is 2.68. The Hall–Kier alpha value is -0.0400. The molecule has 1 fully saturated rings. The molecule has 0 radical (unpaired) electrons. The fraction of sp³-hybridized carbons (Fsp3) is 1.00. The number of rotatable bonds is 0. The lowest BCUT2D eigenvalue weighted by Gasteiger charge is -2.51. The Bertz CT molecular complexity index is 205. The maximum Gasteiger partial charge on any atom is 0.0127 e. The van der Waals surface area contributed by atoms with E-state index in [1.54, 1.807) is 0 Å². The Kier molecular flexibility index (Phi) is 3.79. The lowest BCUT2D eigenvalue weighted by molar-refractivity contribution is -0.0231. The van der Waals surface area contributed by atoms with E-state index in [0.717, 1.165) is 17.9 Å². The van der Waals surface area contributed by atoms with Crippen LogP contribution in [0.2, 0.25) is 0 Å². The van der Waals surface area contributed by atoms with Gasteiger partial charge >= 0.3 is 0 Å². The van der Waals surface area contributed by atoms with Gasteiger partial charge in [0.25, 0.3) is 0 Å². The molecule has 1 heterocycles. The van der Waals surface area contributed by atoms with Crippen molar-refractivity contribution < 1.29 is 0 Å². The van der Waals surface area contributed by atoms with Crippen molar-refractivity contribution >= 4 is 0 Å². The summed E-state index contributed by atoms with van der Waals surface area (Å²) in [5.41, 5.74) is 0.772. The SMILES string of the molecule is C[C@@H]1CN(C(C)(C)C)[C@@H](C)CC1C(C)(C)C. The Balaban J connectivity index is 2.79. The van der Waals surface area contributed by atoms with Crippen molar-refractivity contribution in [2.24, 2.45) is 17.3 Å². The van der Waals surface area contributed by atoms with Crippen molar-refractivity contribution in [2.75, 3.05) is 6.54 Å². The molecular weight excluding hydrogens is 194 g/mol. The molecule has 0 saturated carbocycles. The first-order chi connectivity index (χ1) is 7.03. The van der Waals surface area contributed by atoms with Crippen LogP contribution < -0.4 is 0 Å². The molecule has 1 rings (SSSR count). The molecule has 1 heteroatoms. The molecule has 0 aliphatic carbocycles. The molecule has 1 aliphatic heterocycles. The minimum absolute atomic E-state index is 0.316. The van der Waals surface area contributed by atoms with Crippen LogP contribution in [0, 0.1) is 17.3 Å². The van der Waals surface area contributed by atoms with Gasteiger partial charge in [-0.05, 0) is 51.4 Å². The average Bonchev–Trinajstić information content (AvgIpc) is 2.04. The number of nitrogens with zero attached hydrogens (tertiary/aromatic N) is 1. The van der Waals surface area contributed by atoms with Gasteiger partial charge < -0.3 is 0 Å². The van der Waals surface area contributed by atoms with Gasteiger partial charge in [0.05, 0.1) is 0 Å². The molecule has 1 aliphatic rings. The third kappa shape index (κ3) is 3.00. The van der Waals surface area contributed by atoms with Gasteiger partial charge in [0.15, 0.2) is 0 Å². The summed E-state index contributed by atoms with van der Waals surface area (Å²) in [7, 11) is 0. The van der Waals surface area contributed by atoms with E-state index in [0.29, 0.717) is 11.0 Å². The van der Waals surface area contributed by atoms with Gasteiger partial charge in [-0.3, -0.25) is 4.90 Å². The van der Waals surface area contributed by atoms with Crippen molar-refractivity contribution in [2.45, 2.75) is 73.4 Å². The van der Waals surface area contributed by atoms with Crippen LogP contribution >= 0.6 is 0 Å². The molecule has 16 heavy (non-hydrogen) atoms. The predicted molar refractivity (Wildman–Crippen MR) is 72.6 cm³/mol. The summed E-state index contributed by atoms with van der Waals surface area (Å²) >= 11 is 0. The summed E-state index contributed by atoms with van der Waals surface area (Å²) in [5.74, 6) is 1.68. The first-order valence-corrected chi connectivity index (χ1v) is 6.80. The van der Waals surface area contributed by atoms with Crippen LogP contribution in [-0.4, -0.2) is 23.0 Å². The molecular formula is C15H31N. The Morgan fingerprint density at radius 3 is 1.81 bits per heavy atom. The monoisotopic (exact) mass is 225 g/mol. The third-order valence-electron chi connectivity index (χ3n) is 4.27. The molecule has 1 nitrogen and oxygen atoms in total. The summed E-state index contributed by atoms with van der Waals surface area (Å²) in [5, 5.41) is 0. The van der Waals surface area contributed by atoms with Crippen LogP contribution in [0.3, 0.4) is 0 Å². The molecule has 0 aromatic heterocycles. The van der Waals surface area contributed by atoms with Crippen LogP contribution in [0.15, 0.2) is 0 Å². The lowest BCUT2D eigenvalue weighted by Crippen LogP contribution is -2.55. The zero-order valence-electron chi connectivity index (χ0n) is 12.6. The second-order valence-electron chi connectivity index (χ2n) is 7.86. The van der Waals surface area contributed by atoms with Crippen LogP contribution in [0.1, 0.15) is 61.8 Å². The largest absolute Gasteiger partial charge is 0.296 e. The number of piperidine rings is 1. The minimum atomic E-state index is 0.316. The van der Waals surface area contributed by atoms with E-state index in [9.17, 15) is 0 Å². The van der Waals surface area contributed by atoms with Crippen molar-refractivity contribution in [3.05, 3.63) is 0 Å². The highest BCUT2D eigenvalue weighted by Crippen LogP contribution is 2.41. The highest BCUT2D eigenvalue weighted by atomic mass is 15.2. The van der Waals surface area contributed by atoms with Crippen molar-refractivity contribution in [3.63, 3.8) is 0 Å². The molecule has 1 saturated heterocycles. The molecule has 0 N–H and O–H groups in total. The second kappa shape index (κ2) is 4.33. The average molecular weight is 225 g/mol. The number of hydrogen-bond donors (Lipinski definition) is 0. The Morgan fingerprint density at radius 1 is 0.938 bits per heavy atom. The van der Waals surface area contributed by atoms with E-state index in [1.807, 2.05) is 0 Å². The zero-order valence-corrected chi connectivity index (χ0v) is 12.6. The first-order valence-electron chi connectivity index (χ1n) is 6.80. The molecule has 0 spiro atoms. The fourth-order valence-corrected chi connectivity index (χ4v) is 3.49. The standard InChI is InChI=1S/C15H31N/c1-11-10-16(15(6,7)8)12(2)9-13(11)14(3,4)5/h11-13H,9-10H2,1-8H3/t11-,12+,13?/m1/s1. The van der Waals surface area contributed by atoms with Gasteiger partial charge in [0.1, 0.15) is 0 Å². The van der Waals surface area contributed by atoms with E-state index in [2.05, 4.69) is 60.3 Å². The van der Waals surface area contributed by atoms with Gasteiger partial charge in [0, 0.05) is 18.1 Å². The summed E-state index contributed by atoms with van der Waals surface area (Å²) in [6.07, 6.45) is 1.35. The second-order valence-corrected chi connectivity index (χ2v) is 7.86. The quantitative estimate of drug-likeness (QED) is 0.598. The van der Waals surface area contributed by atoms with Crippen LogP contribution in [-0.2, 0) is 0 Å². The highest BCUT2D eigenvalue weighted by Gasteiger charge is 2.40. The smallest absolute Gasteiger partial charge is 0.0127 e. The molecule has 0 aromatic carbocycles. The molecule has 1 unspecified atom stereocenters. The zero-order chi connectivity index (χ0) is 12.7. The third-order valence-corrected chi connectivity index (χ3v) is 4.27. The molecule has 3 atom stereocenters. The van der Waals surface area contributed by atoms with Crippen LogP contribution in [0.4, 0.5) is 0 Å². The van der Waals surface area contributed by atoms with E-state index < -0.39 is 0 Å². The van der Waals surface area contributed by atoms with Crippen molar-refractivity contribution in [1.29, 1.82) is 0 Å². The summed E-state index contributed by atoms with van der Waals surface area (Å²) in [4.78, 5) is 2.68. The maximum absolute atomic E-state index is 2.68. The minimum Gasteiger partial charge on any atom is -0.296 e. The van der Waals surface area contributed by atoms with Crippen molar-refractivity contribution in [1.82, 2.24) is 4.90 Å². The normalized spacial score (nSPS) is 34.1. The first kappa shape index (κ1) is 14.0. The number of hydrogen-bond acceptors (Lipinski definition) is 1. The van der Waals surface area contributed by atoms with Gasteiger partial charge in [-0.2, -0.15) is 0 Å². The molecule has 0 aromatic rings. The van der Waals surface area contributed by atoms with Gasteiger partial charge in [0.2, 0.25) is 0 Å². The van der Waals surface area contributed by atoms with E-state index in [4.69, 9.17) is 0 Å². The van der Waals surface area contributed by atoms with Gasteiger partial charge in [-0.15, -0.1) is 0 Å². The van der Waals surface area contributed by atoms with E-state index in [1.165, 1.54) is 13.0 Å². The fourth-order valence-electron chi connectivity index (χ4n) is 3.49. The van der Waals surface area contributed by atoms with Gasteiger partial charge in [-0.1, -0.05) is 27.7 Å². The lowest BCUT2D eigenvalue weighted by atomic mass is 9.68. The van der Waals surface area contributed by atoms with E-state index >= 15 is 0 Å². The summed E-state index contributed by atoms with van der Waals surface area (Å²) < 4.78 is 0. The number of likely N-dealkylation sites (tertiary alicyclic amines) is 1. The molecule has 0 amide bonds. The topological polar surface area (TPSA) is 3.24 Å². The van der Waals surface area contributed by atoms with Crippen LogP contribution in [0.5, 0.6) is 0 Å². The van der Waals surface area contributed by atoms with Crippen molar-refractivity contribution in [3.8, 4) is 0 Å². The summed E-state index contributed by atoms with van der Waals surface area (Å²) in [6, 6.07) is 0.723. The molecule has 96 valence electrons. The predicted octanol–water partition coefficient (Wildman–Crippen LogP) is 4.18. The van der Waals surface area contributed by atoms with E-state index in [-0.39, 0.29) is 0 Å². The highest BCUT2D eigenvalue weighted by molar-refractivity contribution is 4.93.